The number of methoxy groups -OCH3 is 1. The molecule has 0 aliphatic rings. The second-order valence-corrected chi connectivity index (χ2v) is 2.76. The summed E-state index contributed by atoms with van der Waals surface area (Å²) in [7, 11) is 1.53. The first-order valence-electron chi connectivity index (χ1n) is 3.94. The molecule has 0 radical (unpaired) electrons. The lowest BCUT2D eigenvalue weighted by molar-refractivity contribution is -0.119. The van der Waals surface area contributed by atoms with E-state index in [1.54, 1.807) is 25.3 Å². The Balaban J connectivity index is 2.94. The van der Waals surface area contributed by atoms with E-state index in [4.69, 9.17) is 10.5 Å². The Kier molecular flexibility index (Phi) is 2.84. The molecule has 0 aliphatic carbocycles. The summed E-state index contributed by atoms with van der Waals surface area (Å²) in [6, 6.07) is 3.45. The van der Waals surface area contributed by atoms with E-state index in [-0.39, 0.29) is 11.8 Å². The first-order chi connectivity index (χ1) is 6.15. The maximum Gasteiger partial charge on any atom is 0.224 e. The lowest BCUT2D eigenvalue weighted by Gasteiger charge is -2.07. The zero-order valence-electron chi connectivity index (χ0n) is 7.65. The van der Waals surface area contributed by atoms with Gasteiger partial charge in [0, 0.05) is 12.3 Å². The molecule has 0 fully saturated rings. The van der Waals surface area contributed by atoms with Crippen molar-refractivity contribution in [1.29, 1.82) is 0 Å². The highest BCUT2D eigenvalue weighted by Gasteiger charge is 2.11. The summed E-state index contributed by atoms with van der Waals surface area (Å²) in [6.07, 6.45) is 1.59. The van der Waals surface area contributed by atoms with E-state index in [1.165, 1.54) is 7.11 Å². The van der Waals surface area contributed by atoms with Crippen molar-refractivity contribution in [2.75, 3.05) is 7.11 Å². The standard InChI is InChI=1S/C9H12N2O2/c1-6(9(10)12)7-3-4-11-8(5-7)13-2/h3-6H,1-2H3,(H2,10,12). The Hall–Kier alpha value is -1.58. The Bertz CT molecular complexity index is 312. The minimum absolute atomic E-state index is 0.308. The number of nitrogens with zero attached hydrogens (tertiary/aromatic N) is 1. The fourth-order valence-electron chi connectivity index (χ4n) is 0.970. The predicted molar refractivity (Wildman–Crippen MR) is 48.4 cm³/mol. The van der Waals surface area contributed by atoms with Crippen LogP contribution in [-0.4, -0.2) is 18.0 Å². The van der Waals surface area contributed by atoms with Crippen molar-refractivity contribution < 1.29 is 9.53 Å². The minimum Gasteiger partial charge on any atom is -0.481 e. The molecule has 0 aliphatic heterocycles. The van der Waals surface area contributed by atoms with Gasteiger partial charge in [0.1, 0.15) is 0 Å². The van der Waals surface area contributed by atoms with E-state index in [0.29, 0.717) is 5.88 Å². The number of aromatic nitrogens is 1. The molecule has 1 aromatic rings. The van der Waals surface area contributed by atoms with Gasteiger partial charge in [-0.25, -0.2) is 4.98 Å². The van der Waals surface area contributed by atoms with Gasteiger partial charge in [0.25, 0.3) is 0 Å². The normalized spacial score (nSPS) is 12.2. The quantitative estimate of drug-likeness (QED) is 0.743. The Morgan fingerprint density at radius 3 is 2.92 bits per heavy atom. The summed E-state index contributed by atoms with van der Waals surface area (Å²) < 4.78 is 4.92. The minimum atomic E-state index is -0.353. The average molecular weight is 180 g/mol. The molecule has 4 nitrogen and oxygen atoms in total. The highest BCUT2D eigenvalue weighted by atomic mass is 16.5. The molecule has 1 rings (SSSR count). The monoisotopic (exact) mass is 180 g/mol. The smallest absolute Gasteiger partial charge is 0.224 e. The lowest BCUT2D eigenvalue weighted by atomic mass is 10.0. The van der Waals surface area contributed by atoms with Crippen LogP contribution in [0.25, 0.3) is 0 Å². The highest BCUT2D eigenvalue weighted by Crippen LogP contribution is 2.17. The van der Waals surface area contributed by atoms with Gasteiger partial charge >= 0.3 is 0 Å². The van der Waals surface area contributed by atoms with E-state index in [0.717, 1.165) is 5.56 Å². The van der Waals surface area contributed by atoms with Gasteiger partial charge in [0.15, 0.2) is 0 Å². The van der Waals surface area contributed by atoms with Gasteiger partial charge in [0.05, 0.1) is 13.0 Å². The number of ether oxygens (including phenoxy) is 1. The number of carbonyl (C=O) groups is 1. The number of amides is 1. The number of carbonyl (C=O) groups excluding carboxylic acids is 1. The summed E-state index contributed by atoms with van der Waals surface area (Å²) in [6.45, 7) is 1.75. The number of rotatable bonds is 3. The molecular formula is C9H12N2O2. The van der Waals surface area contributed by atoms with Crippen molar-refractivity contribution in [1.82, 2.24) is 4.98 Å². The van der Waals surface area contributed by atoms with Crippen LogP contribution in [0, 0.1) is 0 Å². The maximum absolute atomic E-state index is 10.9. The molecule has 0 bridgehead atoms. The summed E-state index contributed by atoms with van der Waals surface area (Å²) >= 11 is 0. The van der Waals surface area contributed by atoms with Crippen LogP contribution < -0.4 is 10.5 Å². The van der Waals surface area contributed by atoms with E-state index in [9.17, 15) is 4.79 Å². The molecule has 0 spiro atoms. The molecule has 1 heterocycles. The summed E-state index contributed by atoms with van der Waals surface area (Å²) in [5.41, 5.74) is 5.98. The SMILES string of the molecule is COc1cc(C(C)C(N)=O)ccn1. The molecule has 2 N–H and O–H groups in total. The number of nitrogens with two attached hydrogens (primary N) is 1. The van der Waals surface area contributed by atoms with E-state index < -0.39 is 0 Å². The molecule has 4 heteroatoms. The van der Waals surface area contributed by atoms with Crippen LogP contribution in [0.4, 0.5) is 0 Å². The molecule has 13 heavy (non-hydrogen) atoms. The van der Waals surface area contributed by atoms with Crippen molar-refractivity contribution in [3.63, 3.8) is 0 Å². The summed E-state index contributed by atoms with van der Waals surface area (Å²) in [5.74, 6) is -0.171. The summed E-state index contributed by atoms with van der Waals surface area (Å²) in [5, 5.41) is 0. The third-order valence-corrected chi connectivity index (χ3v) is 1.89. The van der Waals surface area contributed by atoms with Crippen molar-refractivity contribution in [2.24, 2.45) is 5.73 Å². The maximum atomic E-state index is 10.9. The van der Waals surface area contributed by atoms with E-state index in [2.05, 4.69) is 4.98 Å². The van der Waals surface area contributed by atoms with Gasteiger partial charge in [-0.2, -0.15) is 0 Å². The molecule has 1 unspecified atom stereocenters. The van der Waals surface area contributed by atoms with Crippen molar-refractivity contribution >= 4 is 5.91 Å². The van der Waals surface area contributed by atoms with Crippen molar-refractivity contribution in [2.45, 2.75) is 12.8 Å². The van der Waals surface area contributed by atoms with Crippen LogP contribution in [0.1, 0.15) is 18.4 Å². The predicted octanol–water partition coefficient (Wildman–Crippen LogP) is 0.679. The number of pyridine rings is 1. The third kappa shape index (κ3) is 2.18. The Morgan fingerprint density at radius 1 is 1.69 bits per heavy atom. The second kappa shape index (κ2) is 3.89. The average Bonchev–Trinajstić information content (AvgIpc) is 2.16. The van der Waals surface area contributed by atoms with Gasteiger partial charge in [-0.15, -0.1) is 0 Å². The van der Waals surface area contributed by atoms with Crippen LogP contribution in [0.3, 0.4) is 0 Å². The van der Waals surface area contributed by atoms with Gasteiger partial charge in [-0.3, -0.25) is 4.79 Å². The van der Waals surface area contributed by atoms with Crippen LogP contribution in [0.5, 0.6) is 5.88 Å². The Labute approximate surface area is 76.7 Å². The van der Waals surface area contributed by atoms with Crippen LogP contribution in [0.15, 0.2) is 18.3 Å². The third-order valence-electron chi connectivity index (χ3n) is 1.89. The van der Waals surface area contributed by atoms with Crippen LogP contribution >= 0.6 is 0 Å². The molecular weight excluding hydrogens is 168 g/mol. The molecule has 70 valence electrons. The zero-order valence-corrected chi connectivity index (χ0v) is 7.65. The largest absolute Gasteiger partial charge is 0.481 e. The van der Waals surface area contributed by atoms with Gasteiger partial charge < -0.3 is 10.5 Å². The molecule has 0 aromatic carbocycles. The Morgan fingerprint density at radius 2 is 2.38 bits per heavy atom. The fourth-order valence-corrected chi connectivity index (χ4v) is 0.970. The van der Waals surface area contributed by atoms with Gasteiger partial charge in [-0.1, -0.05) is 0 Å². The highest BCUT2D eigenvalue weighted by molar-refractivity contribution is 5.81. The zero-order chi connectivity index (χ0) is 9.84. The van der Waals surface area contributed by atoms with Gasteiger partial charge in [0.2, 0.25) is 11.8 Å². The first kappa shape index (κ1) is 9.51. The number of hydrogen-bond donors (Lipinski definition) is 1. The first-order valence-corrected chi connectivity index (χ1v) is 3.94. The van der Waals surface area contributed by atoms with Crippen molar-refractivity contribution in [3.8, 4) is 5.88 Å². The number of primary amides is 1. The van der Waals surface area contributed by atoms with E-state index in [1.807, 2.05) is 0 Å². The summed E-state index contributed by atoms with van der Waals surface area (Å²) in [4.78, 5) is 14.8. The van der Waals surface area contributed by atoms with Crippen LogP contribution in [0.2, 0.25) is 0 Å². The topological polar surface area (TPSA) is 65.2 Å². The second-order valence-electron chi connectivity index (χ2n) is 2.76. The molecule has 1 atom stereocenters. The lowest BCUT2D eigenvalue weighted by Crippen LogP contribution is -2.18. The molecule has 1 amide bonds. The fraction of sp³-hybridized carbons (Fsp3) is 0.333. The van der Waals surface area contributed by atoms with Crippen LogP contribution in [-0.2, 0) is 4.79 Å². The van der Waals surface area contributed by atoms with Gasteiger partial charge in [-0.05, 0) is 18.6 Å². The van der Waals surface area contributed by atoms with Crippen molar-refractivity contribution in [3.05, 3.63) is 23.9 Å². The van der Waals surface area contributed by atoms with E-state index >= 15 is 0 Å². The molecule has 1 aromatic heterocycles. The molecule has 0 saturated carbocycles. The number of hydrogen-bond acceptors (Lipinski definition) is 3. The molecule has 0 saturated heterocycles.